The number of nitrogens with one attached hydrogen (secondary N) is 2. The number of ether oxygens (including phenoxy) is 1. The van der Waals surface area contributed by atoms with Gasteiger partial charge < -0.3 is 15.0 Å². The smallest absolute Gasteiger partial charge is 0.306 e. The van der Waals surface area contributed by atoms with E-state index in [1.807, 2.05) is 20.8 Å². The molecule has 0 saturated heterocycles. The Bertz CT molecular complexity index is 813. The van der Waals surface area contributed by atoms with Crippen LogP contribution in [0.25, 0.3) is 10.9 Å². The Morgan fingerprint density at radius 1 is 1.24 bits per heavy atom. The van der Waals surface area contributed by atoms with Crippen LogP contribution in [-0.4, -0.2) is 34.5 Å². The fourth-order valence-corrected chi connectivity index (χ4v) is 2.15. The first-order valence-electron chi connectivity index (χ1n) is 8.29. The zero-order valence-corrected chi connectivity index (χ0v) is 14.7. The first kappa shape index (κ1) is 18.6. The lowest BCUT2D eigenvalue weighted by Crippen LogP contribution is -2.38. The van der Waals surface area contributed by atoms with E-state index in [2.05, 4.69) is 15.3 Å². The molecule has 2 N–H and O–H groups in total. The summed E-state index contributed by atoms with van der Waals surface area (Å²) in [5.41, 5.74) is 0.340. The number of H-pyrrole nitrogens is 1. The molecule has 0 aliphatic rings. The molecule has 1 heterocycles. The molecule has 1 atom stereocenters. The molecule has 0 spiro atoms. The lowest BCUT2D eigenvalue weighted by molar-refractivity contribution is -0.148. The van der Waals surface area contributed by atoms with E-state index in [0.29, 0.717) is 22.6 Å². The Balaban J connectivity index is 1.84. The Morgan fingerprint density at radius 3 is 2.68 bits per heavy atom. The molecule has 0 bridgehead atoms. The predicted octanol–water partition coefficient (Wildman–Crippen LogP) is 1.56. The maximum Gasteiger partial charge on any atom is 0.306 e. The minimum Gasteiger partial charge on any atom is -0.456 e. The Labute approximate surface area is 145 Å². The highest BCUT2D eigenvalue weighted by Crippen LogP contribution is 2.07. The second-order valence-corrected chi connectivity index (χ2v) is 6.29. The van der Waals surface area contributed by atoms with Crippen LogP contribution in [0, 0.1) is 5.92 Å². The number of para-hydroxylation sites is 1. The van der Waals surface area contributed by atoms with Crippen molar-refractivity contribution >= 4 is 22.8 Å². The number of aromatic amines is 1. The molecule has 2 rings (SSSR count). The summed E-state index contributed by atoms with van der Waals surface area (Å²) in [7, 11) is 0. The Kier molecular flexibility index (Phi) is 6.27. The molecule has 0 fully saturated rings. The molecule has 1 aromatic carbocycles. The van der Waals surface area contributed by atoms with Gasteiger partial charge in [0.15, 0.2) is 6.61 Å². The third-order valence-corrected chi connectivity index (χ3v) is 3.98. The van der Waals surface area contributed by atoms with E-state index in [1.54, 1.807) is 24.3 Å². The number of benzene rings is 1. The van der Waals surface area contributed by atoms with Gasteiger partial charge in [-0.15, -0.1) is 0 Å². The monoisotopic (exact) mass is 345 g/mol. The maximum atomic E-state index is 12.0. The van der Waals surface area contributed by atoms with Crippen molar-refractivity contribution < 1.29 is 14.3 Å². The largest absolute Gasteiger partial charge is 0.456 e. The van der Waals surface area contributed by atoms with Crippen molar-refractivity contribution in [3.63, 3.8) is 0 Å². The van der Waals surface area contributed by atoms with Crippen molar-refractivity contribution in [3.8, 4) is 0 Å². The lowest BCUT2D eigenvalue weighted by atomic mass is 10.1. The second-order valence-electron chi connectivity index (χ2n) is 6.29. The molecule has 0 saturated carbocycles. The molecule has 134 valence electrons. The third kappa shape index (κ3) is 5.41. The third-order valence-electron chi connectivity index (χ3n) is 3.98. The summed E-state index contributed by atoms with van der Waals surface area (Å²) in [5, 5.41) is 3.26. The summed E-state index contributed by atoms with van der Waals surface area (Å²) < 4.78 is 4.95. The maximum absolute atomic E-state index is 12.0. The zero-order chi connectivity index (χ0) is 18.4. The number of hydrogen-bond acceptors (Lipinski definition) is 5. The van der Waals surface area contributed by atoms with E-state index in [9.17, 15) is 14.4 Å². The van der Waals surface area contributed by atoms with Gasteiger partial charge in [0.25, 0.3) is 11.5 Å². The first-order valence-corrected chi connectivity index (χ1v) is 8.29. The van der Waals surface area contributed by atoms with E-state index in [1.165, 1.54) is 0 Å². The van der Waals surface area contributed by atoms with Gasteiger partial charge in [0.2, 0.25) is 0 Å². The molecular weight excluding hydrogens is 322 g/mol. The highest BCUT2D eigenvalue weighted by atomic mass is 16.5. The van der Waals surface area contributed by atoms with Gasteiger partial charge in [-0.1, -0.05) is 26.0 Å². The van der Waals surface area contributed by atoms with Crippen LogP contribution in [0.4, 0.5) is 0 Å². The first-order chi connectivity index (χ1) is 11.9. The highest BCUT2D eigenvalue weighted by molar-refractivity contribution is 5.81. The number of carbonyl (C=O) groups excluding carboxylic acids is 2. The molecule has 0 aliphatic heterocycles. The molecule has 1 amide bonds. The van der Waals surface area contributed by atoms with E-state index in [-0.39, 0.29) is 37.0 Å². The summed E-state index contributed by atoms with van der Waals surface area (Å²) in [5.74, 6) is -0.121. The van der Waals surface area contributed by atoms with Gasteiger partial charge in [0.1, 0.15) is 5.82 Å². The summed E-state index contributed by atoms with van der Waals surface area (Å²) in [6, 6.07) is 7.01. The molecule has 1 aromatic heterocycles. The number of fused-ring (bicyclic) bond motifs is 1. The molecule has 0 unspecified atom stereocenters. The SMILES string of the molecule is CC(C)[C@@H](C)NC(=O)COC(=O)CCc1nc2ccccc2c(=O)[nH]1. The van der Waals surface area contributed by atoms with Crippen molar-refractivity contribution in [2.45, 2.75) is 39.7 Å². The standard InChI is InChI=1S/C18H23N3O4/c1-11(2)12(3)19-16(22)10-25-17(23)9-8-15-20-14-7-5-4-6-13(14)18(24)21-15/h4-7,11-12H,8-10H2,1-3H3,(H,19,22)(H,20,21,24)/t12-/m1/s1. The highest BCUT2D eigenvalue weighted by Gasteiger charge is 2.13. The number of rotatable bonds is 7. The number of aryl methyl sites for hydroxylation is 1. The van der Waals surface area contributed by atoms with Crippen molar-refractivity contribution in [2.24, 2.45) is 5.92 Å². The van der Waals surface area contributed by atoms with Gasteiger partial charge in [-0.2, -0.15) is 0 Å². The average Bonchev–Trinajstić information content (AvgIpc) is 2.58. The molecule has 0 radical (unpaired) electrons. The van der Waals surface area contributed by atoms with Gasteiger partial charge in [0, 0.05) is 12.5 Å². The quantitative estimate of drug-likeness (QED) is 0.742. The van der Waals surface area contributed by atoms with E-state index in [0.717, 1.165) is 0 Å². The van der Waals surface area contributed by atoms with Gasteiger partial charge in [-0.3, -0.25) is 14.4 Å². The number of carbonyl (C=O) groups is 2. The molecule has 7 heteroatoms. The van der Waals surface area contributed by atoms with Crippen LogP contribution in [0.3, 0.4) is 0 Å². The fraction of sp³-hybridized carbons (Fsp3) is 0.444. The van der Waals surface area contributed by atoms with Crippen LogP contribution in [0.5, 0.6) is 0 Å². The van der Waals surface area contributed by atoms with E-state index >= 15 is 0 Å². The number of hydrogen-bond donors (Lipinski definition) is 2. The molecule has 0 aliphatic carbocycles. The number of amides is 1. The summed E-state index contributed by atoms with van der Waals surface area (Å²) in [6.07, 6.45) is 0.275. The van der Waals surface area contributed by atoms with Crippen molar-refractivity contribution in [3.05, 3.63) is 40.4 Å². The van der Waals surface area contributed by atoms with Crippen molar-refractivity contribution in [1.29, 1.82) is 0 Å². The molecular formula is C18H23N3O4. The molecule has 7 nitrogen and oxygen atoms in total. The van der Waals surface area contributed by atoms with Crippen LogP contribution < -0.4 is 10.9 Å². The van der Waals surface area contributed by atoms with Crippen molar-refractivity contribution in [2.75, 3.05) is 6.61 Å². The predicted molar refractivity (Wildman–Crippen MR) is 94.1 cm³/mol. The zero-order valence-electron chi connectivity index (χ0n) is 14.7. The summed E-state index contributed by atoms with van der Waals surface area (Å²) >= 11 is 0. The normalized spacial score (nSPS) is 12.2. The van der Waals surface area contributed by atoms with Crippen LogP contribution >= 0.6 is 0 Å². The summed E-state index contributed by atoms with van der Waals surface area (Å²) in [4.78, 5) is 42.4. The Morgan fingerprint density at radius 2 is 1.96 bits per heavy atom. The van der Waals surface area contributed by atoms with Crippen LogP contribution in [0.2, 0.25) is 0 Å². The van der Waals surface area contributed by atoms with Crippen LogP contribution in [0.15, 0.2) is 29.1 Å². The van der Waals surface area contributed by atoms with Crippen LogP contribution in [-0.2, 0) is 20.7 Å². The van der Waals surface area contributed by atoms with Crippen LogP contribution in [0.1, 0.15) is 33.0 Å². The van der Waals surface area contributed by atoms with Gasteiger partial charge >= 0.3 is 5.97 Å². The average molecular weight is 345 g/mol. The minimum absolute atomic E-state index is 0.0121. The second kappa shape index (κ2) is 8.41. The summed E-state index contributed by atoms with van der Waals surface area (Å²) in [6.45, 7) is 5.58. The number of nitrogens with zero attached hydrogens (tertiary/aromatic N) is 1. The minimum atomic E-state index is -0.511. The number of aromatic nitrogens is 2. The molecule has 2 aromatic rings. The van der Waals surface area contributed by atoms with Gasteiger partial charge in [0.05, 0.1) is 17.3 Å². The topological polar surface area (TPSA) is 101 Å². The number of esters is 1. The fourth-order valence-electron chi connectivity index (χ4n) is 2.15. The van der Waals surface area contributed by atoms with Gasteiger partial charge in [-0.05, 0) is 25.0 Å². The molecule has 25 heavy (non-hydrogen) atoms. The van der Waals surface area contributed by atoms with Crippen molar-refractivity contribution in [1.82, 2.24) is 15.3 Å². The van der Waals surface area contributed by atoms with E-state index < -0.39 is 5.97 Å². The van der Waals surface area contributed by atoms with E-state index in [4.69, 9.17) is 4.74 Å². The Hall–Kier alpha value is -2.70. The van der Waals surface area contributed by atoms with Gasteiger partial charge in [-0.25, -0.2) is 4.98 Å². The lowest BCUT2D eigenvalue weighted by Gasteiger charge is -2.17.